The Bertz CT molecular complexity index is 1430. The lowest BCUT2D eigenvalue weighted by Gasteiger charge is -2.20. The lowest BCUT2D eigenvalue weighted by Crippen LogP contribution is -2.44. The standard InChI is InChI=1S/C26H21FN4O5/c1-14-15(2)30(18-8-6-7-17(27)11-18)23(21(14)12-28)29-22(32)13-36-26(35)16(3)31-24(33)19-9-4-5-10-20(19)25(31)34/h4-11,16H,13H2,1-3H3,(H,29,32). The fraction of sp³-hybridized carbons (Fsp3) is 0.192. The van der Waals surface area contributed by atoms with Crippen molar-refractivity contribution in [1.29, 1.82) is 5.26 Å². The van der Waals surface area contributed by atoms with Gasteiger partial charge in [-0.1, -0.05) is 18.2 Å². The van der Waals surface area contributed by atoms with Gasteiger partial charge in [-0.15, -0.1) is 0 Å². The van der Waals surface area contributed by atoms with Gasteiger partial charge >= 0.3 is 5.97 Å². The molecule has 0 aliphatic carbocycles. The molecule has 4 rings (SSSR count). The van der Waals surface area contributed by atoms with E-state index >= 15 is 0 Å². The third-order valence-electron chi connectivity index (χ3n) is 6.05. The molecule has 36 heavy (non-hydrogen) atoms. The Hall–Kier alpha value is -4.78. The molecule has 0 fully saturated rings. The Labute approximate surface area is 205 Å². The molecule has 0 radical (unpaired) electrons. The van der Waals surface area contributed by atoms with Crippen molar-refractivity contribution < 1.29 is 28.3 Å². The normalized spacial score (nSPS) is 13.2. The second-order valence-electron chi connectivity index (χ2n) is 8.22. The highest BCUT2D eigenvalue weighted by atomic mass is 19.1. The van der Waals surface area contributed by atoms with Gasteiger partial charge in [0.15, 0.2) is 6.61 Å². The summed E-state index contributed by atoms with van der Waals surface area (Å²) in [6.45, 7) is 4.02. The number of imide groups is 1. The average molecular weight is 488 g/mol. The molecule has 1 unspecified atom stereocenters. The van der Waals surface area contributed by atoms with Crippen LogP contribution in [0.5, 0.6) is 0 Å². The molecule has 1 atom stereocenters. The number of esters is 1. The first kappa shape index (κ1) is 24.3. The van der Waals surface area contributed by atoms with Crippen molar-refractivity contribution in [3.8, 4) is 11.8 Å². The van der Waals surface area contributed by atoms with Gasteiger partial charge in [0.1, 0.15) is 23.7 Å². The topological polar surface area (TPSA) is 122 Å². The Morgan fingerprint density at radius 1 is 1.08 bits per heavy atom. The molecular formula is C26H21FN4O5. The van der Waals surface area contributed by atoms with Gasteiger partial charge in [-0.2, -0.15) is 5.26 Å². The van der Waals surface area contributed by atoms with Gasteiger partial charge in [-0.05, 0) is 56.7 Å². The van der Waals surface area contributed by atoms with E-state index in [0.29, 0.717) is 16.9 Å². The first-order chi connectivity index (χ1) is 17.1. The summed E-state index contributed by atoms with van der Waals surface area (Å²) in [5, 5.41) is 12.2. The predicted octanol–water partition coefficient (Wildman–Crippen LogP) is 3.27. The number of carbonyl (C=O) groups is 4. The van der Waals surface area contributed by atoms with Gasteiger partial charge in [0.25, 0.3) is 17.7 Å². The van der Waals surface area contributed by atoms with E-state index in [1.807, 2.05) is 6.07 Å². The van der Waals surface area contributed by atoms with Crippen molar-refractivity contribution in [3.63, 3.8) is 0 Å². The van der Waals surface area contributed by atoms with E-state index in [4.69, 9.17) is 4.74 Å². The van der Waals surface area contributed by atoms with Crippen LogP contribution in [0.4, 0.5) is 10.2 Å². The molecule has 3 aromatic rings. The molecule has 1 aliphatic rings. The number of rotatable bonds is 6. The fourth-order valence-corrected chi connectivity index (χ4v) is 4.09. The number of nitriles is 1. The molecule has 0 saturated carbocycles. The van der Waals surface area contributed by atoms with E-state index in [1.54, 1.807) is 32.0 Å². The highest BCUT2D eigenvalue weighted by Gasteiger charge is 2.41. The molecule has 1 N–H and O–H groups in total. The van der Waals surface area contributed by atoms with Gasteiger partial charge < -0.3 is 10.1 Å². The number of amides is 3. The number of nitrogens with zero attached hydrogens (tertiary/aromatic N) is 3. The number of aromatic nitrogens is 1. The first-order valence-electron chi connectivity index (χ1n) is 11.0. The third kappa shape index (κ3) is 4.11. The molecule has 0 saturated heterocycles. The van der Waals surface area contributed by atoms with Crippen LogP contribution in [0.2, 0.25) is 0 Å². The summed E-state index contributed by atoms with van der Waals surface area (Å²) < 4.78 is 20.4. The summed E-state index contributed by atoms with van der Waals surface area (Å²) in [6.07, 6.45) is 0. The number of hydrogen-bond donors (Lipinski definition) is 1. The maximum absolute atomic E-state index is 13.8. The van der Waals surface area contributed by atoms with Gasteiger partial charge in [-0.3, -0.25) is 23.9 Å². The van der Waals surface area contributed by atoms with E-state index in [9.17, 15) is 28.8 Å². The SMILES string of the molecule is Cc1c(C#N)c(NC(=O)COC(=O)C(C)N2C(=O)c3ccccc3C2=O)n(-c2cccc(F)c2)c1C. The molecule has 2 aromatic carbocycles. The Morgan fingerprint density at radius 2 is 1.72 bits per heavy atom. The Balaban J connectivity index is 1.49. The maximum atomic E-state index is 13.8. The first-order valence-corrected chi connectivity index (χ1v) is 11.0. The lowest BCUT2D eigenvalue weighted by molar-refractivity contribution is -0.150. The van der Waals surface area contributed by atoms with Crippen molar-refractivity contribution in [1.82, 2.24) is 9.47 Å². The van der Waals surface area contributed by atoms with E-state index in [0.717, 1.165) is 4.90 Å². The number of hydrogen-bond acceptors (Lipinski definition) is 6. The molecule has 1 aromatic heterocycles. The van der Waals surface area contributed by atoms with Crippen LogP contribution in [-0.2, 0) is 14.3 Å². The minimum atomic E-state index is -1.26. The van der Waals surface area contributed by atoms with E-state index < -0.39 is 42.2 Å². The van der Waals surface area contributed by atoms with Crippen LogP contribution in [0.25, 0.3) is 5.69 Å². The van der Waals surface area contributed by atoms with Crippen LogP contribution in [-0.4, -0.2) is 45.8 Å². The van der Waals surface area contributed by atoms with Gasteiger partial charge in [0.05, 0.1) is 22.4 Å². The molecule has 0 bridgehead atoms. The molecule has 2 heterocycles. The molecule has 182 valence electrons. The molecule has 0 spiro atoms. The number of ether oxygens (including phenoxy) is 1. The second-order valence-corrected chi connectivity index (χ2v) is 8.22. The van der Waals surface area contributed by atoms with E-state index in [-0.39, 0.29) is 22.5 Å². The largest absolute Gasteiger partial charge is 0.454 e. The van der Waals surface area contributed by atoms with Gasteiger partial charge in [-0.25, -0.2) is 9.18 Å². The van der Waals surface area contributed by atoms with Gasteiger partial charge in [0.2, 0.25) is 0 Å². The third-order valence-corrected chi connectivity index (χ3v) is 6.05. The number of nitrogens with one attached hydrogen (secondary N) is 1. The second kappa shape index (κ2) is 9.46. The summed E-state index contributed by atoms with van der Waals surface area (Å²) >= 11 is 0. The van der Waals surface area contributed by atoms with Crippen LogP contribution in [0.15, 0.2) is 48.5 Å². The zero-order chi connectivity index (χ0) is 26.1. The number of carbonyl (C=O) groups excluding carboxylic acids is 4. The Morgan fingerprint density at radius 3 is 2.31 bits per heavy atom. The smallest absolute Gasteiger partial charge is 0.329 e. The van der Waals surface area contributed by atoms with Crippen molar-refractivity contribution in [2.45, 2.75) is 26.8 Å². The lowest BCUT2D eigenvalue weighted by atomic mass is 10.1. The molecule has 1 aliphatic heterocycles. The van der Waals surface area contributed by atoms with Crippen LogP contribution in [0.1, 0.15) is 44.5 Å². The highest BCUT2D eigenvalue weighted by molar-refractivity contribution is 6.22. The number of anilines is 1. The summed E-state index contributed by atoms with van der Waals surface area (Å²) in [7, 11) is 0. The van der Waals surface area contributed by atoms with Crippen molar-refractivity contribution >= 4 is 29.5 Å². The predicted molar refractivity (Wildman–Crippen MR) is 126 cm³/mol. The monoisotopic (exact) mass is 488 g/mol. The Kier molecular flexibility index (Phi) is 6.40. The van der Waals surface area contributed by atoms with Crippen LogP contribution in [0.3, 0.4) is 0 Å². The molecule has 9 nitrogen and oxygen atoms in total. The minimum Gasteiger partial charge on any atom is -0.454 e. The quantitative estimate of drug-likeness (QED) is 0.420. The highest BCUT2D eigenvalue weighted by Crippen LogP contribution is 2.30. The summed E-state index contributed by atoms with van der Waals surface area (Å²) in [4.78, 5) is 51.2. The summed E-state index contributed by atoms with van der Waals surface area (Å²) in [6, 6.07) is 12.6. The number of benzene rings is 2. The fourth-order valence-electron chi connectivity index (χ4n) is 4.09. The minimum absolute atomic E-state index is 0.104. The van der Waals surface area contributed by atoms with Crippen molar-refractivity contribution in [2.75, 3.05) is 11.9 Å². The van der Waals surface area contributed by atoms with Crippen LogP contribution < -0.4 is 5.32 Å². The summed E-state index contributed by atoms with van der Waals surface area (Å²) in [5.41, 5.74) is 2.15. The maximum Gasteiger partial charge on any atom is 0.329 e. The zero-order valence-electron chi connectivity index (χ0n) is 19.7. The molecule has 3 amide bonds. The average Bonchev–Trinajstić information content (AvgIpc) is 3.25. The number of fused-ring (bicyclic) bond motifs is 1. The van der Waals surface area contributed by atoms with Crippen molar-refractivity contribution in [2.24, 2.45) is 0 Å². The summed E-state index contributed by atoms with van der Waals surface area (Å²) in [5.74, 6) is -3.35. The van der Waals surface area contributed by atoms with E-state index in [1.165, 1.54) is 41.8 Å². The molecular weight excluding hydrogens is 467 g/mol. The van der Waals surface area contributed by atoms with Gasteiger partial charge in [0, 0.05) is 5.69 Å². The molecule has 10 heteroatoms. The zero-order valence-corrected chi connectivity index (χ0v) is 19.7. The van der Waals surface area contributed by atoms with Crippen LogP contribution >= 0.6 is 0 Å². The van der Waals surface area contributed by atoms with E-state index in [2.05, 4.69) is 5.32 Å². The van der Waals surface area contributed by atoms with Crippen LogP contribution in [0, 0.1) is 31.0 Å². The van der Waals surface area contributed by atoms with Crippen molar-refractivity contribution in [3.05, 3.63) is 82.3 Å². The number of halogens is 1.